The maximum Gasteiger partial charge on any atom is 0.435 e. The molecule has 0 spiro atoms. The Bertz CT molecular complexity index is 1120. The summed E-state index contributed by atoms with van der Waals surface area (Å²) in [4.78, 5) is -0.203. The lowest BCUT2D eigenvalue weighted by Gasteiger charge is -2.11. The summed E-state index contributed by atoms with van der Waals surface area (Å²) < 4.78 is 76.9. The maximum absolute atomic E-state index is 13.5. The van der Waals surface area contributed by atoms with Gasteiger partial charge in [-0.25, -0.2) is 22.6 Å². The standard InChI is InChI=1S/C17H14F4N4O2S/c18-11-1-6-14(10(7-11)9-22)15-8-16(17(19,20)21)24-25(15)12-2-4-13(5-3-12)28(23,26)27/h1-8H,9,22H2,(H2,23,26,27). The topological polar surface area (TPSA) is 104 Å². The van der Waals surface area contributed by atoms with Crippen molar-refractivity contribution in [2.24, 2.45) is 10.9 Å². The highest BCUT2D eigenvalue weighted by molar-refractivity contribution is 7.89. The molecule has 0 aliphatic rings. The van der Waals surface area contributed by atoms with E-state index in [0.29, 0.717) is 0 Å². The van der Waals surface area contributed by atoms with Crippen LogP contribution < -0.4 is 10.9 Å². The molecule has 3 rings (SSSR count). The number of benzene rings is 2. The van der Waals surface area contributed by atoms with Crippen LogP contribution in [-0.4, -0.2) is 18.2 Å². The van der Waals surface area contributed by atoms with Crippen molar-refractivity contribution in [1.82, 2.24) is 9.78 Å². The minimum atomic E-state index is -4.72. The highest BCUT2D eigenvalue weighted by atomic mass is 32.2. The second kappa shape index (κ2) is 7.00. The normalized spacial score (nSPS) is 12.4. The van der Waals surface area contributed by atoms with Crippen LogP contribution in [0.15, 0.2) is 53.4 Å². The minimum Gasteiger partial charge on any atom is -0.326 e. The number of hydrogen-bond acceptors (Lipinski definition) is 4. The molecule has 148 valence electrons. The third-order valence-corrected chi connectivity index (χ3v) is 4.90. The number of nitrogens with zero attached hydrogens (tertiary/aromatic N) is 2. The summed E-state index contributed by atoms with van der Waals surface area (Å²) >= 11 is 0. The van der Waals surface area contributed by atoms with Crippen molar-refractivity contribution in [3.05, 3.63) is 65.6 Å². The molecule has 6 nitrogen and oxygen atoms in total. The average molecular weight is 414 g/mol. The molecule has 0 aliphatic carbocycles. The minimum absolute atomic E-state index is 0.0242. The molecule has 3 aromatic rings. The van der Waals surface area contributed by atoms with Crippen molar-refractivity contribution in [2.45, 2.75) is 17.6 Å². The lowest BCUT2D eigenvalue weighted by atomic mass is 10.0. The summed E-state index contributed by atoms with van der Waals surface area (Å²) in [6, 6.07) is 9.19. The molecule has 0 unspecified atom stereocenters. The van der Waals surface area contributed by atoms with Gasteiger partial charge in [0.2, 0.25) is 10.0 Å². The maximum atomic E-state index is 13.5. The Morgan fingerprint density at radius 3 is 2.21 bits per heavy atom. The predicted octanol–water partition coefficient (Wildman–Crippen LogP) is 2.80. The number of primary sulfonamides is 1. The van der Waals surface area contributed by atoms with E-state index in [-0.39, 0.29) is 33.9 Å². The van der Waals surface area contributed by atoms with E-state index in [1.54, 1.807) is 0 Å². The van der Waals surface area contributed by atoms with Crippen molar-refractivity contribution >= 4 is 10.0 Å². The molecule has 0 saturated carbocycles. The van der Waals surface area contributed by atoms with Crippen LogP contribution in [-0.2, 0) is 22.7 Å². The molecular weight excluding hydrogens is 400 g/mol. The Morgan fingerprint density at radius 1 is 1.04 bits per heavy atom. The van der Waals surface area contributed by atoms with Crippen molar-refractivity contribution < 1.29 is 26.0 Å². The number of rotatable bonds is 4. The summed E-state index contributed by atoms with van der Waals surface area (Å²) in [5.41, 5.74) is 5.18. The van der Waals surface area contributed by atoms with Crippen molar-refractivity contribution in [3.63, 3.8) is 0 Å². The molecule has 1 heterocycles. The Hall–Kier alpha value is -2.76. The molecule has 0 aliphatic heterocycles. The Labute approximate surface area is 157 Å². The van der Waals surface area contributed by atoms with Crippen LogP contribution in [0.2, 0.25) is 0 Å². The zero-order chi connectivity index (χ0) is 20.7. The van der Waals surface area contributed by atoms with Gasteiger partial charge in [0.05, 0.1) is 16.3 Å². The van der Waals surface area contributed by atoms with Gasteiger partial charge in [-0.15, -0.1) is 0 Å². The monoisotopic (exact) mass is 414 g/mol. The van der Waals surface area contributed by atoms with Crippen LogP contribution in [0.25, 0.3) is 16.9 Å². The number of hydrogen-bond donors (Lipinski definition) is 2. The molecule has 0 bridgehead atoms. The fourth-order valence-corrected chi connectivity index (χ4v) is 3.18. The van der Waals surface area contributed by atoms with E-state index < -0.39 is 27.7 Å². The molecule has 0 atom stereocenters. The van der Waals surface area contributed by atoms with E-state index >= 15 is 0 Å². The van der Waals surface area contributed by atoms with Gasteiger partial charge < -0.3 is 5.73 Å². The van der Waals surface area contributed by atoms with Gasteiger partial charge in [-0.2, -0.15) is 18.3 Å². The van der Waals surface area contributed by atoms with Crippen LogP contribution >= 0.6 is 0 Å². The van der Waals surface area contributed by atoms with E-state index in [1.165, 1.54) is 18.2 Å². The quantitative estimate of drug-likeness (QED) is 0.641. The predicted molar refractivity (Wildman–Crippen MR) is 93.2 cm³/mol. The third kappa shape index (κ3) is 3.91. The SMILES string of the molecule is NCc1cc(F)ccc1-c1cc(C(F)(F)F)nn1-c1ccc(S(N)(=O)=O)cc1. The molecule has 28 heavy (non-hydrogen) atoms. The van der Waals surface area contributed by atoms with Crippen LogP contribution in [0.3, 0.4) is 0 Å². The van der Waals surface area contributed by atoms with E-state index in [2.05, 4.69) is 5.10 Å². The molecular formula is C17H14F4N4O2S. The first-order chi connectivity index (χ1) is 13.0. The highest BCUT2D eigenvalue weighted by Gasteiger charge is 2.35. The number of halogens is 4. The number of sulfonamides is 1. The van der Waals surface area contributed by atoms with E-state index in [9.17, 15) is 26.0 Å². The van der Waals surface area contributed by atoms with Gasteiger partial charge in [0, 0.05) is 12.1 Å². The Morgan fingerprint density at radius 2 is 1.68 bits per heavy atom. The largest absolute Gasteiger partial charge is 0.435 e. The van der Waals surface area contributed by atoms with Crippen LogP contribution in [0.5, 0.6) is 0 Å². The molecule has 0 radical (unpaired) electrons. The van der Waals surface area contributed by atoms with Gasteiger partial charge in [0.15, 0.2) is 5.69 Å². The van der Waals surface area contributed by atoms with Gasteiger partial charge in [0.1, 0.15) is 5.82 Å². The van der Waals surface area contributed by atoms with E-state index in [4.69, 9.17) is 10.9 Å². The van der Waals surface area contributed by atoms with Gasteiger partial charge in [-0.1, -0.05) is 0 Å². The second-order valence-corrected chi connectivity index (χ2v) is 7.43. The van der Waals surface area contributed by atoms with Gasteiger partial charge in [-0.3, -0.25) is 0 Å². The second-order valence-electron chi connectivity index (χ2n) is 5.87. The summed E-state index contributed by atoms with van der Waals surface area (Å²) in [5, 5.41) is 8.63. The van der Waals surface area contributed by atoms with Crippen molar-refractivity contribution in [2.75, 3.05) is 0 Å². The number of aromatic nitrogens is 2. The van der Waals surface area contributed by atoms with Gasteiger partial charge in [0.25, 0.3) is 0 Å². The van der Waals surface area contributed by atoms with Crippen molar-refractivity contribution in [3.8, 4) is 16.9 Å². The zero-order valence-corrected chi connectivity index (χ0v) is 14.9. The summed E-state index contributed by atoms with van der Waals surface area (Å²) in [6.45, 7) is -0.107. The molecule has 0 saturated heterocycles. The fourth-order valence-electron chi connectivity index (χ4n) is 2.67. The fraction of sp³-hybridized carbons (Fsp3) is 0.118. The Balaban J connectivity index is 2.23. The molecule has 2 aromatic carbocycles. The smallest absolute Gasteiger partial charge is 0.326 e. The first kappa shape index (κ1) is 20.0. The number of alkyl halides is 3. The molecule has 11 heteroatoms. The summed E-state index contributed by atoms with van der Waals surface area (Å²) in [6.07, 6.45) is -4.72. The summed E-state index contributed by atoms with van der Waals surface area (Å²) in [7, 11) is -3.97. The summed E-state index contributed by atoms with van der Waals surface area (Å²) in [5.74, 6) is -0.580. The zero-order valence-electron chi connectivity index (χ0n) is 14.1. The first-order valence-electron chi connectivity index (χ1n) is 7.80. The third-order valence-electron chi connectivity index (χ3n) is 3.97. The Kier molecular flexibility index (Phi) is 5.00. The van der Waals surface area contributed by atoms with Crippen LogP contribution in [0.1, 0.15) is 11.3 Å². The lowest BCUT2D eigenvalue weighted by Crippen LogP contribution is -2.12. The lowest BCUT2D eigenvalue weighted by molar-refractivity contribution is -0.141. The van der Waals surface area contributed by atoms with Crippen LogP contribution in [0.4, 0.5) is 17.6 Å². The number of nitrogens with two attached hydrogens (primary N) is 2. The van der Waals surface area contributed by atoms with E-state index in [1.807, 2.05) is 0 Å². The molecule has 0 fully saturated rings. The highest BCUT2D eigenvalue weighted by Crippen LogP contribution is 2.34. The van der Waals surface area contributed by atoms with Gasteiger partial charge in [-0.05, 0) is 54.1 Å². The first-order valence-corrected chi connectivity index (χ1v) is 9.34. The van der Waals surface area contributed by atoms with Crippen LogP contribution in [0, 0.1) is 5.82 Å². The molecule has 0 amide bonds. The average Bonchev–Trinajstić information content (AvgIpc) is 3.06. The van der Waals surface area contributed by atoms with Crippen molar-refractivity contribution in [1.29, 1.82) is 0 Å². The molecule has 1 aromatic heterocycles. The molecule has 4 N–H and O–H groups in total. The van der Waals surface area contributed by atoms with E-state index in [0.717, 1.165) is 35.0 Å². The van der Waals surface area contributed by atoms with Gasteiger partial charge >= 0.3 is 6.18 Å².